The third-order valence-corrected chi connectivity index (χ3v) is 3.82. The average molecular weight is 313 g/mol. The molecule has 1 atom stereocenters. The molecule has 5 nitrogen and oxygen atoms in total. The molecule has 1 aliphatic heterocycles. The fourth-order valence-corrected chi connectivity index (χ4v) is 2.59. The normalized spacial score (nSPS) is 17.3. The number of carbonyl (C=O) groups is 2. The number of pyridine rings is 1. The zero-order chi connectivity index (χ0) is 16.2. The van der Waals surface area contributed by atoms with Gasteiger partial charge in [-0.25, -0.2) is 4.39 Å². The first kappa shape index (κ1) is 15.1. The smallest absolute Gasteiger partial charge is 0.227 e. The van der Waals surface area contributed by atoms with E-state index in [4.69, 9.17) is 0 Å². The highest BCUT2D eigenvalue weighted by Gasteiger charge is 2.34. The van der Waals surface area contributed by atoms with Gasteiger partial charge in [-0.15, -0.1) is 0 Å². The first-order valence-corrected chi connectivity index (χ1v) is 7.36. The zero-order valence-electron chi connectivity index (χ0n) is 12.4. The standard InChI is InChI=1S/C17H16FN3O2/c18-14-3-5-15(6-4-14)21-11-13(8-16(21)22)17(23)20-10-12-2-1-7-19-9-12/h1-7,9,13H,8,10-11H2,(H,20,23)/t13-/m1/s1. The Hall–Kier alpha value is -2.76. The molecule has 1 aromatic carbocycles. The number of aromatic nitrogens is 1. The van der Waals surface area contributed by atoms with Crippen LogP contribution in [0.4, 0.5) is 10.1 Å². The minimum Gasteiger partial charge on any atom is -0.352 e. The number of halogens is 1. The molecule has 6 heteroatoms. The fourth-order valence-electron chi connectivity index (χ4n) is 2.59. The lowest BCUT2D eigenvalue weighted by Crippen LogP contribution is -2.32. The van der Waals surface area contributed by atoms with Crippen LogP contribution in [0.3, 0.4) is 0 Å². The number of hydrogen-bond acceptors (Lipinski definition) is 3. The van der Waals surface area contributed by atoms with Crippen LogP contribution in [0.5, 0.6) is 0 Å². The van der Waals surface area contributed by atoms with Crippen molar-refractivity contribution in [3.8, 4) is 0 Å². The molecule has 0 radical (unpaired) electrons. The van der Waals surface area contributed by atoms with Crippen molar-refractivity contribution in [2.75, 3.05) is 11.4 Å². The van der Waals surface area contributed by atoms with Crippen molar-refractivity contribution < 1.29 is 14.0 Å². The van der Waals surface area contributed by atoms with Gasteiger partial charge in [0.15, 0.2) is 0 Å². The molecule has 1 aliphatic rings. The van der Waals surface area contributed by atoms with E-state index in [9.17, 15) is 14.0 Å². The lowest BCUT2D eigenvalue weighted by molar-refractivity contribution is -0.126. The summed E-state index contributed by atoms with van der Waals surface area (Å²) >= 11 is 0. The van der Waals surface area contributed by atoms with Crippen LogP contribution >= 0.6 is 0 Å². The maximum absolute atomic E-state index is 13.0. The Labute approximate surface area is 133 Å². The number of nitrogens with zero attached hydrogens (tertiary/aromatic N) is 2. The van der Waals surface area contributed by atoms with E-state index in [0.29, 0.717) is 18.8 Å². The van der Waals surface area contributed by atoms with Gasteiger partial charge in [0.2, 0.25) is 11.8 Å². The van der Waals surface area contributed by atoms with Crippen LogP contribution in [0.15, 0.2) is 48.8 Å². The third kappa shape index (κ3) is 3.53. The zero-order valence-corrected chi connectivity index (χ0v) is 12.4. The van der Waals surface area contributed by atoms with Crippen molar-refractivity contribution in [2.45, 2.75) is 13.0 Å². The molecule has 1 saturated heterocycles. The number of hydrogen-bond donors (Lipinski definition) is 1. The number of benzene rings is 1. The fraction of sp³-hybridized carbons (Fsp3) is 0.235. The highest BCUT2D eigenvalue weighted by atomic mass is 19.1. The second-order valence-corrected chi connectivity index (χ2v) is 5.46. The van der Waals surface area contributed by atoms with Gasteiger partial charge in [0.05, 0.1) is 5.92 Å². The van der Waals surface area contributed by atoms with Crippen LogP contribution < -0.4 is 10.2 Å². The van der Waals surface area contributed by atoms with E-state index < -0.39 is 5.92 Å². The molecule has 1 N–H and O–H groups in total. The van der Waals surface area contributed by atoms with Crippen LogP contribution in [-0.4, -0.2) is 23.3 Å². The van der Waals surface area contributed by atoms with Gasteiger partial charge in [-0.2, -0.15) is 0 Å². The molecule has 0 saturated carbocycles. The van der Waals surface area contributed by atoms with E-state index in [1.807, 2.05) is 6.07 Å². The first-order valence-electron chi connectivity index (χ1n) is 7.36. The van der Waals surface area contributed by atoms with E-state index in [0.717, 1.165) is 5.56 Å². The minimum absolute atomic E-state index is 0.127. The summed E-state index contributed by atoms with van der Waals surface area (Å²) in [4.78, 5) is 29.8. The van der Waals surface area contributed by atoms with Gasteiger partial charge in [0.25, 0.3) is 0 Å². The van der Waals surface area contributed by atoms with Crippen LogP contribution in [0, 0.1) is 11.7 Å². The molecule has 0 unspecified atom stereocenters. The molecule has 0 bridgehead atoms. The van der Waals surface area contributed by atoms with Gasteiger partial charge in [0, 0.05) is 37.6 Å². The number of carbonyl (C=O) groups excluding carboxylic acids is 2. The quantitative estimate of drug-likeness (QED) is 0.937. The Balaban J connectivity index is 1.60. The van der Waals surface area contributed by atoms with Gasteiger partial charge in [-0.05, 0) is 35.9 Å². The summed E-state index contributed by atoms with van der Waals surface area (Å²) in [6.07, 6.45) is 3.52. The molecule has 1 fully saturated rings. The Kier molecular flexibility index (Phi) is 4.32. The number of nitrogens with one attached hydrogen (secondary N) is 1. The van der Waals surface area contributed by atoms with E-state index in [1.165, 1.54) is 17.0 Å². The predicted octanol–water partition coefficient (Wildman–Crippen LogP) is 1.89. The van der Waals surface area contributed by atoms with E-state index in [1.54, 1.807) is 30.6 Å². The summed E-state index contributed by atoms with van der Waals surface area (Å²) in [7, 11) is 0. The van der Waals surface area contributed by atoms with E-state index in [2.05, 4.69) is 10.3 Å². The van der Waals surface area contributed by atoms with Gasteiger partial charge in [-0.3, -0.25) is 14.6 Å². The van der Waals surface area contributed by atoms with Crippen LogP contribution in [0.2, 0.25) is 0 Å². The van der Waals surface area contributed by atoms with Crippen molar-refractivity contribution in [1.29, 1.82) is 0 Å². The van der Waals surface area contributed by atoms with Gasteiger partial charge in [-0.1, -0.05) is 6.07 Å². The van der Waals surface area contributed by atoms with Gasteiger partial charge < -0.3 is 10.2 Å². The molecule has 1 aromatic heterocycles. The van der Waals surface area contributed by atoms with E-state index >= 15 is 0 Å². The van der Waals surface area contributed by atoms with Crippen LogP contribution in [0.1, 0.15) is 12.0 Å². The second kappa shape index (κ2) is 6.56. The number of rotatable bonds is 4. The van der Waals surface area contributed by atoms with Crippen LogP contribution in [-0.2, 0) is 16.1 Å². The molecule has 2 amide bonds. The predicted molar refractivity (Wildman–Crippen MR) is 82.9 cm³/mol. The Morgan fingerprint density at radius 3 is 2.78 bits per heavy atom. The monoisotopic (exact) mass is 313 g/mol. The van der Waals surface area contributed by atoms with Crippen LogP contribution in [0.25, 0.3) is 0 Å². The molecule has 2 heterocycles. The van der Waals surface area contributed by atoms with Crippen molar-refractivity contribution >= 4 is 17.5 Å². The lowest BCUT2D eigenvalue weighted by atomic mass is 10.1. The highest BCUT2D eigenvalue weighted by Crippen LogP contribution is 2.25. The summed E-state index contributed by atoms with van der Waals surface area (Å²) in [6.45, 7) is 0.692. The average Bonchev–Trinajstić information content (AvgIpc) is 2.96. The van der Waals surface area contributed by atoms with Gasteiger partial charge >= 0.3 is 0 Å². The molecule has 118 valence electrons. The van der Waals surface area contributed by atoms with Gasteiger partial charge in [0.1, 0.15) is 5.82 Å². The third-order valence-electron chi connectivity index (χ3n) is 3.82. The number of anilines is 1. The molecule has 2 aromatic rings. The van der Waals surface area contributed by atoms with Crippen molar-refractivity contribution in [3.05, 3.63) is 60.2 Å². The SMILES string of the molecule is O=C(NCc1cccnc1)[C@@H]1CC(=O)N(c2ccc(F)cc2)C1. The Morgan fingerprint density at radius 2 is 2.09 bits per heavy atom. The minimum atomic E-state index is -0.399. The maximum Gasteiger partial charge on any atom is 0.227 e. The maximum atomic E-state index is 13.0. The lowest BCUT2D eigenvalue weighted by Gasteiger charge is -2.16. The molecule has 0 spiro atoms. The molecular formula is C17H16FN3O2. The summed E-state index contributed by atoms with van der Waals surface area (Å²) in [5, 5.41) is 2.82. The van der Waals surface area contributed by atoms with Crippen molar-refractivity contribution in [1.82, 2.24) is 10.3 Å². The first-order chi connectivity index (χ1) is 11.1. The molecular weight excluding hydrogens is 297 g/mol. The Morgan fingerprint density at radius 1 is 1.30 bits per heavy atom. The highest BCUT2D eigenvalue weighted by molar-refractivity contribution is 6.00. The van der Waals surface area contributed by atoms with E-state index in [-0.39, 0.29) is 24.1 Å². The Bertz CT molecular complexity index is 704. The second-order valence-electron chi connectivity index (χ2n) is 5.46. The van der Waals surface area contributed by atoms with Crippen molar-refractivity contribution in [3.63, 3.8) is 0 Å². The molecule has 0 aliphatic carbocycles. The summed E-state index contributed by atoms with van der Waals surface area (Å²) < 4.78 is 13.0. The largest absolute Gasteiger partial charge is 0.352 e. The molecule has 3 rings (SSSR count). The summed E-state index contributed by atoms with van der Waals surface area (Å²) in [5.41, 5.74) is 1.51. The number of amides is 2. The summed E-state index contributed by atoms with van der Waals surface area (Å²) in [5.74, 6) is -1.04. The molecule has 23 heavy (non-hydrogen) atoms. The summed E-state index contributed by atoms with van der Waals surface area (Å²) in [6, 6.07) is 9.37. The van der Waals surface area contributed by atoms with Crippen molar-refractivity contribution in [2.24, 2.45) is 5.92 Å². The topological polar surface area (TPSA) is 62.3 Å².